The van der Waals surface area contributed by atoms with Crippen molar-refractivity contribution in [3.05, 3.63) is 65.0 Å². The van der Waals surface area contributed by atoms with Gasteiger partial charge in [-0.25, -0.2) is 4.39 Å². The lowest BCUT2D eigenvalue weighted by Gasteiger charge is -2.34. The fraction of sp³-hybridized carbons (Fsp3) is 0.435. The van der Waals surface area contributed by atoms with Crippen molar-refractivity contribution in [3.8, 4) is 5.75 Å². The standard InChI is InChI=1S/C23H29FN2O2/c1-16(2)21-15-26(23(28)19-8-5-17(3)22(27)13-19)12-4-11-25(21)14-18-6-9-20(24)10-7-18/h5-10,13,16,21,27H,4,11-12,14-15H2,1-3H3. The molecule has 5 heteroatoms. The quantitative estimate of drug-likeness (QED) is 0.859. The largest absolute Gasteiger partial charge is 0.508 e. The molecule has 1 N–H and O–H groups in total. The first-order chi connectivity index (χ1) is 13.3. The summed E-state index contributed by atoms with van der Waals surface area (Å²) < 4.78 is 13.2. The Kier molecular flexibility index (Phi) is 6.35. The van der Waals surface area contributed by atoms with Gasteiger partial charge >= 0.3 is 0 Å². The second kappa shape index (κ2) is 8.74. The Bertz CT molecular complexity index is 820. The monoisotopic (exact) mass is 384 g/mol. The van der Waals surface area contributed by atoms with Crippen molar-refractivity contribution in [2.45, 2.75) is 39.8 Å². The molecule has 150 valence electrons. The molecule has 2 aromatic rings. The third-order valence-corrected chi connectivity index (χ3v) is 5.56. The van der Waals surface area contributed by atoms with E-state index in [-0.39, 0.29) is 23.5 Å². The second-order valence-corrected chi connectivity index (χ2v) is 8.01. The van der Waals surface area contributed by atoms with Crippen molar-refractivity contribution >= 4 is 5.91 Å². The van der Waals surface area contributed by atoms with Gasteiger partial charge in [0.05, 0.1) is 0 Å². The smallest absolute Gasteiger partial charge is 0.254 e. The molecular formula is C23H29FN2O2. The highest BCUT2D eigenvalue weighted by Crippen LogP contribution is 2.23. The van der Waals surface area contributed by atoms with E-state index in [0.717, 1.165) is 30.6 Å². The highest BCUT2D eigenvalue weighted by Gasteiger charge is 2.30. The molecule has 0 radical (unpaired) electrons. The zero-order valence-corrected chi connectivity index (χ0v) is 16.9. The summed E-state index contributed by atoms with van der Waals surface area (Å²) in [5, 5.41) is 9.96. The molecule has 1 atom stereocenters. The van der Waals surface area contributed by atoms with E-state index in [4.69, 9.17) is 0 Å². The number of carbonyl (C=O) groups excluding carboxylic acids is 1. The van der Waals surface area contributed by atoms with Crippen molar-refractivity contribution in [2.75, 3.05) is 19.6 Å². The predicted molar refractivity (Wildman–Crippen MR) is 109 cm³/mol. The minimum Gasteiger partial charge on any atom is -0.508 e. The number of nitrogens with zero attached hydrogens (tertiary/aromatic N) is 2. The first kappa shape index (κ1) is 20.3. The van der Waals surface area contributed by atoms with E-state index in [0.29, 0.717) is 24.6 Å². The van der Waals surface area contributed by atoms with Crippen LogP contribution in [-0.2, 0) is 6.54 Å². The fourth-order valence-corrected chi connectivity index (χ4v) is 3.83. The van der Waals surface area contributed by atoms with E-state index in [2.05, 4.69) is 18.7 Å². The van der Waals surface area contributed by atoms with Crippen molar-refractivity contribution in [3.63, 3.8) is 0 Å². The number of hydrogen-bond acceptors (Lipinski definition) is 3. The van der Waals surface area contributed by atoms with Gasteiger partial charge in [-0.05, 0) is 54.7 Å². The number of carbonyl (C=O) groups is 1. The molecule has 1 heterocycles. The molecule has 0 aromatic heterocycles. The molecule has 1 unspecified atom stereocenters. The number of hydrogen-bond donors (Lipinski definition) is 1. The Balaban J connectivity index is 1.77. The summed E-state index contributed by atoms with van der Waals surface area (Å²) in [6.07, 6.45) is 0.883. The maximum Gasteiger partial charge on any atom is 0.254 e. The molecular weight excluding hydrogens is 355 g/mol. The Hall–Kier alpha value is -2.40. The van der Waals surface area contributed by atoms with Gasteiger partial charge in [0.25, 0.3) is 5.91 Å². The molecule has 0 spiro atoms. The summed E-state index contributed by atoms with van der Waals surface area (Å²) >= 11 is 0. The molecule has 2 aromatic carbocycles. The van der Waals surface area contributed by atoms with Crippen molar-refractivity contribution < 1.29 is 14.3 Å². The molecule has 1 aliphatic heterocycles. The molecule has 1 fully saturated rings. The molecule has 28 heavy (non-hydrogen) atoms. The third-order valence-electron chi connectivity index (χ3n) is 5.56. The van der Waals surface area contributed by atoms with Gasteiger partial charge in [-0.3, -0.25) is 9.69 Å². The normalized spacial score (nSPS) is 18.3. The van der Waals surface area contributed by atoms with Gasteiger partial charge in [-0.2, -0.15) is 0 Å². The summed E-state index contributed by atoms with van der Waals surface area (Å²) in [7, 11) is 0. The number of phenols is 1. The number of halogens is 1. The van der Waals surface area contributed by atoms with Crippen LogP contribution in [0.1, 0.15) is 41.8 Å². The van der Waals surface area contributed by atoms with Gasteiger partial charge in [0.15, 0.2) is 0 Å². The molecule has 1 saturated heterocycles. The van der Waals surface area contributed by atoms with Crippen LogP contribution in [0.15, 0.2) is 42.5 Å². The average Bonchev–Trinajstić information content (AvgIpc) is 2.88. The summed E-state index contributed by atoms with van der Waals surface area (Å²) in [5.41, 5.74) is 2.37. The number of aromatic hydroxyl groups is 1. The van der Waals surface area contributed by atoms with Crippen LogP contribution in [0, 0.1) is 18.7 Å². The lowest BCUT2D eigenvalue weighted by Crippen LogP contribution is -2.45. The first-order valence-corrected chi connectivity index (χ1v) is 9.92. The van der Waals surface area contributed by atoms with Crippen LogP contribution in [0.3, 0.4) is 0 Å². The highest BCUT2D eigenvalue weighted by molar-refractivity contribution is 5.94. The van der Waals surface area contributed by atoms with E-state index in [9.17, 15) is 14.3 Å². The van der Waals surface area contributed by atoms with Crippen LogP contribution in [0.2, 0.25) is 0 Å². The van der Waals surface area contributed by atoms with E-state index in [1.807, 2.05) is 24.0 Å². The van der Waals surface area contributed by atoms with E-state index in [1.54, 1.807) is 18.2 Å². The van der Waals surface area contributed by atoms with Crippen molar-refractivity contribution in [1.29, 1.82) is 0 Å². The molecule has 1 amide bonds. The molecule has 4 nitrogen and oxygen atoms in total. The van der Waals surface area contributed by atoms with E-state index >= 15 is 0 Å². The summed E-state index contributed by atoms with van der Waals surface area (Å²) in [5.74, 6) is 0.266. The number of rotatable bonds is 4. The lowest BCUT2D eigenvalue weighted by atomic mass is 10.0. The zero-order valence-electron chi connectivity index (χ0n) is 16.9. The molecule has 0 bridgehead atoms. The maximum absolute atomic E-state index is 13.2. The van der Waals surface area contributed by atoms with E-state index in [1.165, 1.54) is 12.1 Å². The topological polar surface area (TPSA) is 43.8 Å². The van der Waals surface area contributed by atoms with Crippen LogP contribution < -0.4 is 0 Å². The Labute approximate surface area is 166 Å². The maximum atomic E-state index is 13.2. The van der Waals surface area contributed by atoms with Gasteiger partial charge < -0.3 is 10.0 Å². The van der Waals surface area contributed by atoms with E-state index < -0.39 is 0 Å². The number of aryl methyl sites for hydroxylation is 1. The molecule has 0 saturated carbocycles. The number of phenolic OH excluding ortho intramolecular Hbond substituents is 1. The second-order valence-electron chi connectivity index (χ2n) is 8.01. The number of benzene rings is 2. The lowest BCUT2D eigenvalue weighted by molar-refractivity contribution is 0.0702. The molecule has 3 rings (SSSR count). The predicted octanol–water partition coefficient (Wildman–Crippen LogP) is 4.21. The van der Waals surface area contributed by atoms with Crippen LogP contribution in [-0.4, -0.2) is 46.5 Å². The van der Waals surface area contributed by atoms with Crippen molar-refractivity contribution in [2.24, 2.45) is 5.92 Å². The fourth-order valence-electron chi connectivity index (χ4n) is 3.83. The van der Waals surface area contributed by atoms with Gasteiger partial charge in [-0.1, -0.05) is 32.0 Å². The minimum atomic E-state index is -0.224. The zero-order chi connectivity index (χ0) is 20.3. The summed E-state index contributed by atoms with van der Waals surface area (Å²) in [6.45, 7) is 9.14. The SMILES string of the molecule is Cc1ccc(C(=O)N2CCCN(Cc3ccc(F)cc3)C(C(C)C)C2)cc1O. The van der Waals surface area contributed by atoms with Gasteiger partial charge in [0, 0.05) is 37.8 Å². The third kappa shape index (κ3) is 4.71. The highest BCUT2D eigenvalue weighted by atomic mass is 19.1. The molecule has 0 aliphatic carbocycles. The summed E-state index contributed by atoms with van der Waals surface area (Å²) in [4.78, 5) is 17.3. The van der Waals surface area contributed by atoms with Crippen LogP contribution in [0.5, 0.6) is 5.75 Å². The Morgan fingerprint density at radius 3 is 2.54 bits per heavy atom. The van der Waals surface area contributed by atoms with Crippen LogP contribution in [0.25, 0.3) is 0 Å². The van der Waals surface area contributed by atoms with Crippen LogP contribution >= 0.6 is 0 Å². The molecule has 1 aliphatic rings. The Morgan fingerprint density at radius 1 is 1.18 bits per heavy atom. The summed E-state index contributed by atoms with van der Waals surface area (Å²) in [6, 6.07) is 12.0. The van der Waals surface area contributed by atoms with Gasteiger partial charge in [0.1, 0.15) is 11.6 Å². The first-order valence-electron chi connectivity index (χ1n) is 9.92. The van der Waals surface area contributed by atoms with Gasteiger partial charge in [-0.15, -0.1) is 0 Å². The average molecular weight is 384 g/mol. The Morgan fingerprint density at radius 2 is 1.89 bits per heavy atom. The number of amides is 1. The van der Waals surface area contributed by atoms with Crippen LogP contribution in [0.4, 0.5) is 4.39 Å². The van der Waals surface area contributed by atoms with Crippen molar-refractivity contribution in [1.82, 2.24) is 9.80 Å². The minimum absolute atomic E-state index is 0.0374. The van der Waals surface area contributed by atoms with Gasteiger partial charge in [0.2, 0.25) is 0 Å².